The van der Waals surface area contributed by atoms with Crippen molar-refractivity contribution in [3.63, 3.8) is 0 Å². The van der Waals surface area contributed by atoms with Gasteiger partial charge in [0.2, 0.25) is 0 Å². The highest BCUT2D eigenvalue weighted by Crippen LogP contribution is 2.29. The van der Waals surface area contributed by atoms with E-state index in [4.69, 9.17) is 9.72 Å². The summed E-state index contributed by atoms with van der Waals surface area (Å²) in [6.45, 7) is 1.93. The van der Waals surface area contributed by atoms with Gasteiger partial charge in [-0.1, -0.05) is 12.1 Å². The minimum absolute atomic E-state index is 0.284. The van der Waals surface area contributed by atoms with Crippen LogP contribution in [0.1, 0.15) is 35.9 Å². The van der Waals surface area contributed by atoms with Gasteiger partial charge in [-0.3, -0.25) is 0 Å². The van der Waals surface area contributed by atoms with Crippen LogP contribution in [0.25, 0.3) is 10.2 Å². The Bertz CT molecular complexity index is 846. The van der Waals surface area contributed by atoms with Gasteiger partial charge in [-0.05, 0) is 43.2 Å². The van der Waals surface area contributed by atoms with E-state index < -0.39 is 0 Å². The molecule has 1 unspecified atom stereocenters. The highest BCUT2D eigenvalue weighted by Gasteiger charge is 2.30. The van der Waals surface area contributed by atoms with Gasteiger partial charge < -0.3 is 9.64 Å². The van der Waals surface area contributed by atoms with E-state index in [0.717, 1.165) is 30.6 Å². The van der Waals surface area contributed by atoms with E-state index in [1.54, 1.807) is 23.5 Å². The van der Waals surface area contributed by atoms with Crippen molar-refractivity contribution in [3.8, 4) is 5.75 Å². The largest absolute Gasteiger partial charge is 0.494 e. The fourth-order valence-corrected chi connectivity index (χ4v) is 4.87. The molecule has 0 saturated carbocycles. The van der Waals surface area contributed by atoms with Crippen LogP contribution in [-0.2, 0) is 6.54 Å². The number of benzene rings is 2. The van der Waals surface area contributed by atoms with Crippen molar-refractivity contribution in [1.29, 1.82) is 0 Å². The average molecular weight is 357 g/mol. The molecule has 0 amide bonds. The van der Waals surface area contributed by atoms with Crippen molar-refractivity contribution >= 4 is 21.6 Å². The van der Waals surface area contributed by atoms with Crippen molar-refractivity contribution < 1.29 is 14.0 Å². The van der Waals surface area contributed by atoms with Gasteiger partial charge in [0.25, 0.3) is 0 Å². The van der Waals surface area contributed by atoms with Gasteiger partial charge in [0.15, 0.2) is 16.6 Å². The molecule has 1 aliphatic rings. The molecule has 1 saturated heterocycles. The van der Waals surface area contributed by atoms with Gasteiger partial charge in [-0.15, -0.1) is 11.3 Å². The van der Waals surface area contributed by atoms with Crippen molar-refractivity contribution in [2.24, 2.45) is 0 Å². The van der Waals surface area contributed by atoms with E-state index in [1.807, 2.05) is 12.1 Å². The van der Waals surface area contributed by atoms with Gasteiger partial charge in [0, 0.05) is 12.0 Å². The molecule has 1 aromatic heterocycles. The highest BCUT2D eigenvalue weighted by atomic mass is 32.1. The van der Waals surface area contributed by atoms with E-state index >= 15 is 0 Å². The Balaban J connectivity index is 1.59. The molecule has 1 aliphatic heterocycles. The quantitative estimate of drug-likeness (QED) is 0.770. The number of para-hydroxylation sites is 1. The number of hydrogen-bond acceptors (Lipinski definition) is 3. The Morgan fingerprint density at radius 3 is 2.92 bits per heavy atom. The maximum absolute atomic E-state index is 14.0. The molecule has 0 bridgehead atoms. The molecule has 0 spiro atoms. The summed E-state index contributed by atoms with van der Waals surface area (Å²) in [5.41, 5.74) is 2.10. The first-order chi connectivity index (χ1) is 12.2. The second kappa shape index (κ2) is 7.10. The van der Waals surface area contributed by atoms with Gasteiger partial charge in [-0.2, -0.15) is 0 Å². The number of methoxy groups -OCH3 is 1. The normalized spacial score (nSPS) is 20.7. The third kappa shape index (κ3) is 3.39. The van der Waals surface area contributed by atoms with Crippen LogP contribution >= 0.6 is 11.3 Å². The lowest BCUT2D eigenvalue weighted by Gasteiger charge is -2.31. The average Bonchev–Trinajstić information content (AvgIpc) is 3.06. The van der Waals surface area contributed by atoms with Crippen LogP contribution < -0.4 is 9.64 Å². The Morgan fingerprint density at radius 2 is 2.12 bits per heavy atom. The molecule has 3 nitrogen and oxygen atoms in total. The van der Waals surface area contributed by atoms with Crippen molar-refractivity contribution in [3.05, 3.63) is 58.9 Å². The number of hydrogen-bond donors (Lipinski definition) is 1. The molecular weight excluding hydrogens is 335 g/mol. The molecule has 1 fully saturated rings. The lowest BCUT2D eigenvalue weighted by molar-refractivity contribution is -0.950. The number of nitrogens with one attached hydrogen (secondary N) is 1. The lowest BCUT2D eigenvalue weighted by Crippen LogP contribution is -3.11. The molecule has 2 aromatic carbocycles. The molecule has 0 radical (unpaired) electrons. The molecule has 25 heavy (non-hydrogen) atoms. The summed E-state index contributed by atoms with van der Waals surface area (Å²) < 4.78 is 20.3. The summed E-state index contributed by atoms with van der Waals surface area (Å²) in [6, 6.07) is 14.0. The summed E-state index contributed by atoms with van der Waals surface area (Å²) in [6.07, 6.45) is 3.60. The summed E-state index contributed by atoms with van der Waals surface area (Å²) in [7, 11) is 1.50. The molecule has 2 heterocycles. The second-order valence-electron chi connectivity index (χ2n) is 6.62. The van der Waals surface area contributed by atoms with Crippen LogP contribution in [0.4, 0.5) is 4.39 Å². The Morgan fingerprint density at radius 1 is 1.24 bits per heavy atom. The summed E-state index contributed by atoms with van der Waals surface area (Å²) >= 11 is 1.80. The molecular formula is C20H22FN2OS+. The number of thiazole rings is 1. The standard InChI is InChI=1S/C20H21FN2OS/c1-24-18-10-9-14(12-15(18)21)13-23-11-5-4-7-17(23)20-22-16-6-2-3-8-19(16)25-20/h2-3,6,8-10,12,17H,4-5,7,11,13H2,1H3/p+1/t17-/m1/s1. The summed E-state index contributed by atoms with van der Waals surface area (Å²) in [4.78, 5) is 6.36. The molecule has 0 aliphatic carbocycles. The third-order valence-corrected chi connectivity index (χ3v) is 6.14. The van der Waals surface area contributed by atoms with Crippen LogP contribution in [0.2, 0.25) is 0 Å². The third-order valence-electron chi connectivity index (χ3n) is 4.99. The fraction of sp³-hybridized carbons (Fsp3) is 0.350. The predicted molar refractivity (Wildman–Crippen MR) is 98.7 cm³/mol. The Kier molecular flexibility index (Phi) is 4.68. The van der Waals surface area contributed by atoms with E-state index in [9.17, 15) is 4.39 Å². The zero-order valence-electron chi connectivity index (χ0n) is 14.3. The van der Waals surface area contributed by atoms with Crippen molar-refractivity contribution in [2.75, 3.05) is 13.7 Å². The lowest BCUT2D eigenvalue weighted by atomic mass is 10.0. The van der Waals surface area contributed by atoms with E-state index in [2.05, 4.69) is 18.2 Å². The molecule has 130 valence electrons. The van der Waals surface area contributed by atoms with Crippen molar-refractivity contribution in [2.45, 2.75) is 31.8 Å². The first kappa shape index (κ1) is 16.5. The first-order valence-corrected chi connectivity index (χ1v) is 9.58. The van der Waals surface area contributed by atoms with Gasteiger partial charge in [-0.25, -0.2) is 9.37 Å². The number of ether oxygens (including phenoxy) is 1. The van der Waals surface area contributed by atoms with Crippen LogP contribution in [0, 0.1) is 5.82 Å². The minimum Gasteiger partial charge on any atom is -0.494 e. The maximum Gasteiger partial charge on any atom is 0.165 e. The topological polar surface area (TPSA) is 26.6 Å². The van der Waals surface area contributed by atoms with Crippen molar-refractivity contribution in [1.82, 2.24) is 4.98 Å². The molecule has 3 aromatic rings. The van der Waals surface area contributed by atoms with Crippen LogP contribution in [0.5, 0.6) is 5.75 Å². The first-order valence-electron chi connectivity index (χ1n) is 8.77. The number of nitrogens with zero attached hydrogens (tertiary/aromatic N) is 1. The number of quaternary nitrogens is 1. The monoisotopic (exact) mass is 357 g/mol. The van der Waals surface area contributed by atoms with Crippen LogP contribution in [-0.4, -0.2) is 18.6 Å². The number of likely N-dealkylation sites (tertiary alicyclic amines) is 1. The van der Waals surface area contributed by atoms with Gasteiger partial charge >= 0.3 is 0 Å². The van der Waals surface area contributed by atoms with E-state index in [1.165, 1.54) is 34.6 Å². The Hall–Kier alpha value is -1.98. The smallest absolute Gasteiger partial charge is 0.165 e. The number of aromatic nitrogens is 1. The summed E-state index contributed by atoms with van der Waals surface area (Å²) in [5.74, 6) is 0.0214. The molecule has 5 heteroatoms. The zero-order valence-corrected chi connectivity index (χ0v) is 15.1. The number of rotatable bonds is 4. The van der Waals surface area contributed by atoms with E-state index in [0.29, 0.717) is 11.8 Å². The fourth-order valence-electron chi connectivity index (χ4n) is 3.71. The molecule has 4 rings (SSSR count). The molecule has 2 atom stereocenters. The summed E-state index contributed by atoms with van der Waals surface area (Å²) in [5, 5.41) is 1.21. The SMILES string of the molecule is COc1ccc(C[NH+]2CCCC[C@@H]2c2nc3ccccc3s2)cc1F. The maximum atomic E-state index is 14.0. The molecule has 1 N–H and O–H groups in total. The Labute approximate surface area is 151 Å². The van der Waals surface area contributed by atoms with E-state index in [-0.39, 0.29) is 5.82 Å². The second-order valence-corrected chi connectivity index (χ2v) is 7.68. The number of fused-ring (bicyclic) bond motifs is 1. The van der Waals surface area contributed by atoms with Gasteiger partial charge in [0.05, 0.1) is 23.9 Å². The minimum atomic E-state index is -0.284. The van der Waals surface area contributed by atoms with Gasteiger partial charge in [0.1, 0.15) is 12.6 Å². The zero-order chi connectivity index (χ0) is 17.2. The number of piperidine rings is 1. The highest BCUT2D eigenvalue weighted by molar-refractivity contribution is 7.18. The van der Waals surface area contributed by atoms with Crippen LogP contribution in [0.3, 0.4) is 0 Å². The number of halogens is 1. The van der Waals surface area contributed by atoms with Crippen LogP contribution in [0.15, 0.2) is 42.5 Å². The predicted octanol–water partition coefficient (Wildman–Crippen LogP) is 3.75.